The van der Waals surface area contributed by atoms with Crippen molar-refractivity contribution in [3.63, 3.8) is 0 Å². The quantitative estimate of drug-likeness (QED) is 0.778. The lowest BCUT2D eigenvalue weighted by atomic mass is 9.74. The van der Waals surface area contributed by atoms with Crippen LogP contribution in [0.4, 0.5) is 4.79 Å². The van der Waals surface area contributed by atoms with Crippen molar-refractivity contribution >= 4 is 17.8 Å². The van der Waals surface area contributed by atoms with Crippen LogP contribution in [0.25, 0.3) is 0 Å². The lowest BCUT2D eigenvalue weighted by Gasteiger charge is -2.48. The van der Waals surface area contributed by atoms with Gasteiger partial charge in [-0.3, -0.25) is 9.69 Å². The molecule has 0 radical (unpaired) electrons. The SMILES string of the molecule is CC(C)(C)OC(=O)N1[C@H]2CC[C@H](C(=O)C2)[C@@H]1C(=O)O. The Morgan fingerprint density at radius 2 is 1.95 bits per heavy atom. The third-order valence-electron chi connectivity index (χ3n) is 3.59. The van der Waals surface area contributed by atoms with Gasteiger partial charge in [0.25, 0.3) is 0 Å². The first-order valence-electron chi connectivity index (χ1n) is 6.47. The van der Waals surface area contributed by atoms with Crippen LogP contribution in [0.15, 0.2) is 0 Å². The maximum absolute atomic E-state index is 12.2. The van der Waals surface area contributed by atoms with Crippen molar-refractivity contribution in [2.75, 3.05) is 0 Å². The zero-order valence-corrected chi connectivity index (χ0v) is 11.4. The topological polar surface area (TPSA) is 83.9 Å². The minimum atomic E-state index is -1.13. The number of carboxylic acid groups (broad SMARTS) is 1. The van der Waals surface area contributed by atoms with Crippen molar-refractivity contribution in [3.8, 4) is 0 Å². The molecule has 19 heavy (non-hydrogen) atoms. The molecule has 1 N–H and O–H groups in total. The van der Waals surface area contributed by atoms with E-state index in [4.69, 9.17) is 4.74 Å². The number of fused-ring (bicyclic) bond motifs is 3. The second-order valence-corrected chi connectivity index (χ2v) is 6.18. The van der Waals surface area contributed by atoms with Crippen molar-refractivity contribution in [3.05, 3.63) is 0 Å². The standard InChI is InChI=1S/C13H19NO5/c1-13(2,3)19-12(18)14-7-4-5-8(9(15)6-7)10(14)11(16)17/h7-8,10H,4-6H2,1-3H3,(H,16,17)/t7-,8+,10+/m0/s1. The predicted molar refractivity (Wildman–Crippen MR) is 65.6 cm³/mol. The monoisotopic (exact) mass is 269 g/mol. The van der Waals surface area contributed by atoms with E-state index >= 15 is 0 Å². The molecule has 0 unspecified atom stereocenters. The third-order valence-corrected chi connectivity index (χ3v) is 3.59. The van der Waals surface area contributed by atoms with Crippen molar-refractivity contribution in [2.45, 2.75) is 57.7 Å². The van der Waals surface area contributed by atoms with Crippen molar-refractivity contribution in [2.24, 2.45) is 5.92 Å². The van der Waals surface area contributed by atoms with Gasteiger partial charge in [0.15, 0.2) is 0 Å². The van der Waals surface area contributed by atoms with E-state index in [1.54, 1.807) is 20.8 Å². The van der Waals surface area contributed by atoms with Crippen LogP contribution in [0.5, 0.6) is 0 Å². The summed E-state index contributed by atoms with van der Waals surface area (Å²) in [5, 5.41) is 9.29. The molecule has 2 aliphatic heterocycles. The van der Waals surface area contributed by atoms with Crippen LogP contribution in [0.1, 0.15) is 40.0 Å². The molecular weight excluding hydrogens is 250 g/mol. The molecule has 0 aromatic carbocycles. The van der Waals surface area contributed by atoms with Gasteiger partial charge in [0, 0.05) is 18.4 Å². The molecule has 0 aromatic rings. The second kappa shape index (κ2) is 4.51. The van der Waals surface area contributed by atoms with Gasteiger partial charge >= 0.3 is 12.1 Å². The van der Waals surface area contributed by atoms with Crippen molar-refractivity contribution < 1.29 is 24.2 Å². The lowest BCUT2D eigenvalue weighted by Crippen LogP contribution is -2.64. The Kier molecular flexibility index (Phi) is 3.28. The number of amides is 1. The van der Waals surface area contributed by atoms with Crippen LogP contribution in [-0.4, -0.2) is 45.5 Å². The summed E-state index contributed by atoms with van der Waals surface area (Å²) in [4.78, 5) is 36.6. The minimum absolute atomic E-state index is 0.0524. The van der Waals surface area contributed by atoms with Gasteiger partial charge in [-0.25, -0.2) is 9.59 Å². The molecule has 2 bridgehead atoms. The molecule has 1 amide bonds. The van der Waals surface area contributed by atoms with Gasteiger partial charge in [-0.2, -0.15) is 0 Å². The van der Waals surface area contributed by atoms with Gasteiger partial charge in [-0.1, -0.05) is 0 Å². The molecule has 3 fully saturated rings. The molecular formula is C13H19NO5. The Morgan fingerprint density at radius 1 is 1.32 bits per heavy atom. The van der Waals surface area contributed by atoms with Gasteiger partial charge in [0.05, 0.1) is 0 Å². The Balaban J connectivity index is 2.25. The number of carbonyl (C=O) groups excluding carboxylic acids is 2. The molecule has 1 aliphatic carbocycles. The molecule has 1 saturated carbocycles. The molecule has 3 aliphatic rings. The third kappa shape index (κ3) is 2.57. The number of Topliss-reactive ketones (excluding diaryl/α,β-unsaturated/α-hetero) is 1. The highest BCUT2D eigenvalue weighted by atomic mass is 16.6. The number of ketones is 1. The molecule has 2 saturated heterocycles. The first-order chi connectivity index (χ1) is 8.70. The fourth-order valence-corrected chi connectivity index (χ4v) is 2.88. The molecule has 0 aromatic heterocycles. The van der Waals surface area contributed by atoms with E-state index in [-0.39, 0.29) is 18.2 Å². The van der Waals surface area contributed by atoms with E-state index in [2.05, 4.69) is 0 Å². The fourth-order valence-electron chi connectivity index (χ4n) is 2.88. The van der Waals surface area contributed by atoms with Crippen LogP contribution in [-0.2, 0) is 14.3 Å². The summed E-state index contributed by atoms with van der Waals surface area (Å²) in [6.45, 7) is 5.19. The smallest absolute Gasteiger partial charge is 0.411 e. The van der Waals surface area contributed by atoms with Gasteiger partial charge in [-0.15, -0.1) is 0 Å². The van der Waals surface area contributed by atoms with Crippen LogP contribution in [0.3, 0.4) is 0 Å². The number of carbonyl (C=O) groups is 3. The van der Waals surface area contributed by atoms with E-state index in [1.165, 1.54) is 4.90 Å². The number of rotatable bonds is 1. The Labute approximate surface area is 111 Å². The average molecular weight is 269 g/mol. The number of piperidine rings is 2. The van der Waals surface area contributed by atoms with E-state index in [1.807, 2.05) is 0 Å². The van der Waals surface area contributed by atoms with Gasteiger partial charge in [-0.05, 0) is 33.6 Å². The zero-order valence-electron chi connectivity index (χ0n) is 11.4. The summed E-state index contributed by atoms with van der Waals surface area (Å²) >= 11 is 0. The van der Waals surface area contributed by atoms with E-state index < -0.39 is 29.6 Å². The summed E-state index contributed by atoms with van der Waals surface area (Å²) in [5.41, 5.74) is -0.680. The van der Waals surface area contributed by atoms with Gasteiger partial charge < -0.3 is 9.84 Å². The number of nitrogens with zero attached hydrogens (tertiary/aromatic N) is 1. The summed E-state index contributed by atoms with van der Waals surface area (Å²) in [6.07, 6.45) is 0.814. The van der Waals surface area contributed by atoms with Crippen molar-refractivity contribution in [1.29, 1.82) is 0 Å². The van der Waals surface area contributed by atoms with Crippen molar-refractivity contribution in [1.82, 2.24) is 4.90 Å². The van der Waals surface area contributed by atoms with E-state index in [9.17, 15) is 19.5 Å². The first kappa shape index (κ1) is 13.8. The predicted octanol–water partition coefficient (Wildman–Crippen LogP) is 1.43. The maximum Gasteiger partial charge on any atom is 0.411 e. The molecule has 6 nitrogen and oxygen atoms in total. The van der Waals surface area contributed by atoms with Crippen LogP contribution >= 0.6 is 0 Å². The molecule has 6 heteroatoms. The molecule has 106 valence electrons. The average Bonchev–Trinajstić information content (AvgIpc) is 2.25. The maximum atomic E-state index is 12.2. The lowest BCUT2D eigenvalue weighted by molar-refractivity contribution is -0.158. The molecule has 3 atom stereocenters. The van der Waals surface area contributed by atoms with Crippen LogP contribution in [0.2, 0.25) is 0 Å². The van der Waals surface area contributed by atoms with Crippen LogP contribution in [0, 0.1) is 5.92 Å². The highest BCUT2D eigenvalue weighted by Crippen LogP contribution is 2.38. The Bertz CT molecular complexity index is 425. The number of carboxylic acids is 1. The normalized spacial score (nSPS) is 30.4. The Morgan fingerprint density at radius 3 is 2.42 bits per heavy atom. The summed E-state index contributed by atoms with van der Waals surface area (Å²) in [5.74, 6) is -1.77. The minimum Gasteiger partial charge on any atom is -0.480 e. The summed E-state index contributed by atoms with van der Waals surface area (Å²) in [6, 6.07) is -1.41. The number of hydrogen-bond acceptors (Lipinski definition) is 4. The molecule has 0 spiro atoms. The first-order valence-corrected chi connectivity index (χ1v) is 6.47. The molecule has 3 rings (SSSR count). The van der Waals surface area contributed by atoms with Crippen LogP contribution < -0.4 is 0 Å². The number of aliphatic carboxylic acids is 1. The highest BCUT2D eigenvalue weighted by Gasteiger charge is 2.52. The zero-order chi connectivity index (χ0) is 14.4. The summed E-state index contributed by atoms with van der Waals surface area (Å²) < 4.78 is 5.26. The van der Waals surface area contributed by atoms with Gasteiger partial charge in [0.2, 0.25) is 0 Å². The number of hydrogen-bond donors (Lipinski definition) is 1. The fraction of sp³-hybridized carbons (Fsp3) is 0.769. The van der Waals surface area contributed by atoms with E-state index in [0.29, 0.717) is 12.8 Å². The molecule has 2 heterocycles. The number of ether oxygens (including phenoxy) is 1. The Hall–Kier alpha value is -1.59. The van der Waals surface area contributed by atoms with E-state index in [0.717, 1.165) is 0 Å². The van der Waals surface area contributed by atoms with Gasteiger partial charge in [0.1, 0.15) is 17.4 Å². The largest absolute Gasteiger partial charge is 0.480 e. The second-order valence-electron chi connectivity index (χ2n) is 6.18. The highest BCUT2D eigenvalue weighted by molar-refractivity contribution is 5.93. The summed E-state index contributed by atoms with van der Waals surface area (Å²) in [7, 11) is 0.